The summed E-state index contributed by atoms with van der Waals surface area (Å²) >= 11 is 4.91. The maximum atomic E-state index is 13.8. The number of rotatable bonds is 4. The van der Waals surface area contributed by atoms with Crippen LogP contribution in [0.15, 0.2) is 27.7 Å². The number of hydrogen-bond donors (Lipinski definition) is 2. The molecule has 0 saturated carbocycles. The van der Waals surface area contributed by atoms with Crippen molar-refractivity contribution in [2.45, 2.75) is 26.9 Å². The molecule has 23 heavy (non-hydrogen) atoms. The number of aromatic nitrogens is 1. The highest BCUT2D eigenvalue weighted by Gasteiger charge is 2.06. The summed E-state index contributed by atoms with van der Waals surface area (Å²) in [6.45, 7) is 5.02. The third-order valence-electron chi connectivity index (χ3n) is 3.16. The third-order valence-corrected chi connectivity index (χ3v) is 4.73. The Morgan fingerprint density at radius 2 is 2.00 bits per heavy atom. The van der Waals surface area contributed by atoms with Crippen LogP contribution in [0.4, 0.5) is 4.39 Å². The lowest BCUT2D eigenvalue weighted by molar-refractivity contribution is 0.603. The Balaban J connectivity index is 0.00000264. The molecule has 0 spiro atoms. The first kappa shape index (κ1) is 20.3. The second kappa shape index (κ2) is 9.53. The predicted molar refractivity (Wildman–Crippen MR) is 108 cm³/mol. The number of aliphatic imine (C=N–C) groups is 1. The van der Waals surface area contributed by atoms with Gasteiger partial charge in [0.2, 0.25) is 0 Å². The average Bonchev–Trinajstić information content (AvgIpc) is 2.79. The lowest BCUT2D eigenvalue weighted by atomic mass is 10.2. The molecule has 2 rings (SSSR count). The highest BCUT2D eigenvalue weighted by atomic mass is 127. The zero-order chi connectivity index (χ0) is 16.1. The minimum absolute atomic E-state index is 0. The Labute approximate surface area is 165 Å². The van der Waals surface area contributed by atoms with Gasteiger partial charge >= 0.3 is 0 Å². The van der Waals surface area contributed by atoms with Crippen LogP contribution >= 0.6 is 51.2 Å². The Kier molecular flexibility index (Phi) is 8.41. The molecule has 8 heteroatoms. The van der Waals surface area contributed by atoms with Gasteiger partial charge in [0, 0.05) is 28.5 Å². The largest absolute Gasteiger partial charge is 0.352 e. The fourth-order valence-corrected chi connectivity index (χ4v) is 3.05. The van der Waals surface area contributed by atoms with Crippen molar-refractivity contribution >= 4 is 57.2 Å². The molecule has 0 saturated heterocycles. The number of nitrogens with zero attached hydrogens (tertiary/aromatic N) is 2. The second-order valence-electron chi connectivity index (χ2n) is 4.76. The molecule has 0 aliphatic heterocycles. The van der Waals surface area contributed by atoms with Gasteiger partial charge in [-0.1, -0.05) is 22.0 Å². The molecule has 0 atom stereocenters. The monoisotopic (exact) mass is 512 g/mol. The van der Waals surface area contributed by atoms with Gasteiger partial charge in [0.05, 0.1) is 12.2 Å². The average molecular weight is 513 g/mol. The first-order chi connectivity index (χ1) is 10.5. The van der Waals surface area contributed by atoms with Crippen molar-refractivity contribution in [2.75, 3.05) is 7.05 Å². The molecule has 0 aliphatic carbocycles. The smallest absolute Gasteiger partial charge is 0.191 e. The molecule has 0 bridgehead atoms. The van der Waals surface area contributed by atoms with E-state index in [1.807, 2.05) is 13.0 Å². The van der Waals surface area contributed by atoms with Crippen LogP contribution in [-0.2, 0) is 13.1 Å². The van der Waals surface area contributed by atoms with Crippen LogP contribution in [0.25, 0.3) is 0 Å². The van der Waals surface area contributed by atoms with E-state index in [0.29, 0.717) is 24.6 Å². The number of hydrogen-bond acceptors (Lipinski definition) is 3. The number of halogens is 3. The molecular weight excluding hydrogens is 494 g/mol. The lowest BCUT2D eigenvalue weighted by Crippen LogP contribution is -2.36. The van der Waals surface area contributed by atoms with Gasteiger partial charge in [0.1, 0.15) is 10.8 Å². The minimum Gasteiger partial charge on any atom is -0.352 e. The standard InChI is InChI=1S/C15H18BrFN4S.HI/c1-9-10(2)22-14(21-9)8-20-15(18-3)19-7-11-4-5-12(16)6-13(11)17;/h4-6H,7-8H2,1-3H3,(H2,18,19,20);1H. The van der Waals surface area contributed by atoms with E-state index in [1.165, 1.54) is 10.9 Å². The molecule has 0 fully saturated rings. The fraction of sp³-hybridized carbons (Fsp3) is 0.333. The number of guanidine groups is 1. The first-order valence-electron chi connectivity index (χ1n) is 6.81. The van der Waals surface area contributed by atoms with Crippen LogP contribution in [0.3, 0.4) is 0 Å². The van der Waals surface area contributed by atoms with Crippen molar-refractivity contribution in [3.05, 3.63) is 49.6 Å². The molecular formula is C15H19BrFIN4S. The van der Waals surface area contributed by atoms with E-state index >= 15 is 0 Å². The van der Waals surface area contributed by atoms with Gasteiger partial charge in [0.15, 0.2) is 5.96 Å². The van der Waals surface area contributed by atoms with Gasteiger partial charge in [-0.15, -0.1) is 35.3 Å². The summed E-state index contributed by atoms with van der Waals surface area (Å²) in [5.41, 5.74) is 1.65. The minimum atomic E-state index is -0.247. The molecule has 126 valence electrons. The van der Waals surface area contributed by atoms with Crippen molar-refractivity contribution in [1.82, 2.24) is 15.6 Å². The van der Waals surface area contributed by atoms with Gasteiger partial charge in [0.25, 0.3) is 0 Å². The van der Waals surface area contributed by atoms with Crippen molar-refractivity contribution in [3.8, 4) is 0 Å². The Bertz CT molecular complexity index is 671. The van der Waals surface area contributed by atoms with E-state index in [-0.39, 0.29) is 29.8 Å². The summed E-state index contributed by atoms with van der Waals surface area (Å²) < 4.78 is 14.5. The highest BCUT2D eigenvalue weighted by molar-refractivity contribution is 14.0. The normalized spacial score (nSPS) is 11.1. The lowest BCUT2D eigenvalue weighted by Gasteiger charge is -2.11. The summed E-state index contributed by atoms with van der Waals surface area (Å²) in [7, 11) is 1.69. The van der Waals surface area contributed by atoms with Crippen molar-refractivity contribution in [2.24, 2.45) is 4.99 Å². The maximum absolute atomic E-state index is 13.8. The zero-order valence-corrected chi connectivity index (χ0v) is 17.8. The van der Waals surface area contributed by atoms with Crippen LogP contribution in [0.2, 0.25) is 0 Å². The van der Waals surface area contributed by atoms with E-state index in [0.717, 1.165) is 15.2 Å². The van der Waals surface area contributed by atoms with E-state index in [4.69, 9.17) is 0 Å². The summed E-state index contributed by atoms with van der Waals surface area (Å²) in [6.07, 6.45) is 0. The van der Waals surface area contributed by atoms with Gasteiger partial charge in [-0.25, -0.2) is 9.37 Å². The number of thiazole rings is 1. The number of nitrogens with one attached hydrogen (secondary N) is 2. The number of aryl methyl sites for hydroxylation is 2. The molecule has 0 radical (unpaired) electrons. The Morgan fingerprint density at radius 1 is 1.30 bits per heavy atom. The van der Waals surface area contributed by atoms with Gasteiger partial charge in [-0.3, -0.25) is 4.99 Å². The topological polar surface area (TPSA) is 49.3 Å². The zero-order valence-electron chi connectivity index (χ0n) is 13.1. The molecule has 1 aromatic carbocycles. The van der Waals surface area contributed by atoms with Crippen LogP contribution in [0.1, 0.15) is 21.1 Å². The molecule has 0 unspecified atom stereocenters. The van der Waals surface area contributed by atoms with Crippen molar-refractivity contribution in [1.29, 1.82) is 0 Å². The van der Waals surface area contributed by atoms with E-state index < -0.39 is 0 Å². The SMILES string of the molecule is CN=C(NCc1nc(C)c(C)s1)NCc1ccc(Br)cc1F.I. The summed E-state index contributed by atoms with van der Waals surface area (Å²) in [5.74, 6) is 0.372. The Hall–Kier alpha value is -0.740. The molecule has 0 amide bonds. The van der Waals surface area contributed by atoms with Gasteiger partial charge < -0.3 is 10.6 Å². The second-order valence-corrected chi connectivity index (χ2v) is 6.97. The Morgan fingerprint density at radius 3 is 2.57 bits per heavy atom. The van der Waals surface area contributed by atoms with Crippen LogP contribution in [-0.4, -0.2) is 18.0 Å². The van der Waals surface area contributed by atoms with Crippen molar-refractivity contribution < 1.29 is 4.39 Å². The van der Waals surface area contributed by atoms with E-state index in [2.05, 4.69) is 43.5 Å². The van der Waals surface area contributed by atoms with E-state index in [9.17, 15) is 4.39 Å². The molecule has 4 nitrogen and oxygen atoms in total. The molecule has 2 N–H and O–H groups in total. The number of benzene rings is 1. The quantitative estimate of drug-likeness (QED) is 0.367. The molecule has 1 heterocycles. The summed E-state index contributed by atoms with van der Waals surface area (Å²) in [4.78, 5) is 9.82. The molecule has 1 aromatic heterocycles. The predicted octanol–water partition coefficient (Wildman–Crippen LogP) is 4.14. The summed E-state index contributed by atoms with van der Waals surface area (Å²) in [5, 5.41) is 7.29. The summed E-state index contributed by atoms with van der Waals surface area (Å²) in [6, 6.07) is 5.01. The van der Waals surface area contributed by atoms with Gasteiger partial charge in [-0.05, 0) is 26.0 Å². The molecule has 2 aromatic rings. The highest BCUT2D eigenvalue weighted by Crippen LogP contribution is 2.16. The van der Waals surface area contributed by atoms with E-state index in [1.54, 1.807) is 24.5 Å². The van der Waals surface area contributed by atoms with Crippen LogP contribution in [0.5, 0.6) is 0 Å². The van der Waals surface area contributed by atoms with Crippen LogP contribution < -0.4 is 10.6 Å². The fourth-order valence-electron chi connectivity index (χ4n) is 1.84. The van der Waals surface area contributed by atoms with Gasteiger partial charge in [-0.2, -0.15) is 0 Å². The molecule has 0 aliphatic rings. The maximum Gasteiger partial charge on any atom is 0.191 e. The first-order valence-corrected chi connectivity index (χ1v) is 8.42. The van der Waals surface area contributed by atoms with Crippen molar-refractivity contribution in [3.63, 3.8) is 0 Å². The third kappa shape index (κ3) is 6.00. The van der Waals surface area contributed by atoms with Crippen LogP contribution in [0, 0.1) is 19.7 Å².